The Morgan fingerprint density at radius 1 is 1.05 bits per heavy atom. The lowest BCUT2D eigenvalue weighted by molar-refractivity contribution is -0.116. The lowest BCUT2D eigenvalue weighted by Crippen LogP contribution is -2.33. The van der Waals surface area contributed by atoms with Crippen molar-refractivity contribution in [3.8, 4) is 11.4 Å². The van der Waals surface area contributed by atoms with Crippen LogP contribution in [0.5, 0.6) is 5.75 Å². The van der Waals surface area contributed by atoms with Gasteiger partial charge < -0.3 is 24.8 Å². The van der Waals surface area contributed by atoms with Gasteiger partial charge >= 0.3 is 0 Å². The SMILES string of the molecule is COc1ccccc1NC(=O)CCN1C(=S)N[C@@H](c2ccccn2)[C@@H]1c1cc(C)n(-c2cccc(C)c2)c1C. The van der Waals surface area contributed by atoms with Crippen molar-refractivity contribution in [2.75, 3.05) is 19.0 Å². The summed E-state index contributed by atoms with van der Waals surface area (Å²) in [6, 6.07) is 23.8. The molecular weight excluding hydrogens is 506 g/mol. The molecule has 1 aliphatic heterocycles. The van der Waals surface area contributed by atoms with Crippen LogP contribution in [-0.4, -0.2) is 39.1 Å². The molecule has 8 heteroatoms. The van der Waals surface area contributed by atoms with Gasteiger partial charge in [0.1, 0.15) is 5.75 Å². The highest BCUT2D eigenvalue weighted by Gasteiger charge is 2.41. The van der Waals surface area contributed by atoms with E-state index in [2.05, 4.69) is 76.2 Å². The number of pyridine rings is 1. The standard InChI is InChI=1S/C31H33N5O2S/c1-20-10-9-11-23(18-20)36-21(2)19-24(22(36)3)30-29(26-13-7-8-16-32-26)34-31(39)35(30)17-15-28(37)33-25-12-5-6-14-27(25)38-4/h5-14,16,18-19,29-30H,15,17H2,1-4H3,(H,33,37)(H,34,39)/t29-,30-/m0/s1. The van der Waals surface area contributed by atoms with Crippen LogP contribution in [-0.2, 0) is 4.79 Å². The van der Waals surface area contributed by atoms with Gasteiger partial charge in [-0.3, -0.25) is 9.78 Å². The highest BCUT2D eigenvalue weighted by Crippen LogP contribution is 2.41. The highest BCUT2D eigenvalue weighted by molar-refractivity contribution is 7.80. The fraction of sp³-hybridized carbons (Fsp3) is 0.258. The molecule has 200 valence electrons. The molecule has 1 amide bonds. The zero-order valence-electron chi connectivity index (χ0n) is 22.6. The number of benzene rings is 2. The molecule has 0 aliphatic carbocycles. The van der Waals surface area contributed by atoms with Crippen LogP contribution in [0.2, 0.25) is 0 Å². The molecule has 4 aromatic rings. The molecule has 5 rings (SSSR count). The Bertz CT molecular complexity index is 1500. The number of amides is 1. The van der Waals surface area contributed by atoms with Gasteiger partial charge in [-0.05, 0) is 86.6 Å². The van der Waals surface area contributed by atoms with Gasteiger partial charge in [-0.2, -0.15) is 0 Å². The van der Waals surface area contributed by atoms with Gasteiger partial charge in [-0.1, -0.05) is 30.3 Å². The third-order valence-corrected chi connectivity index (χ3v) is 7.56. The number of nitrogens with one attached hydrogen (secondary N) is 2. The number of anilines is 1. The third kappa shape index (κ3) is 5.38. The minimum Gasteiger partial charge on any atom is -0.495 e. The molecule has 7 nitrogen and oxygen atoms in total. The Labute approximate surface area is 234 Å². The van der Waals surface area contributed by atoms with Gasteiger partial charge in [0.2, 0.25) is 5.91 Å². The van der Waals surface area contributed by atoms with Crippen molar-refractivity contribution in [3.63, 3.8) is 0 Å². The smallest absolute Gasteiger partial charge is 0.226 e. The number of para-hydroxylation sites is 2. The molecule has 1 saturated heterocycles. The van der Waals surface area contributed by atoms with Crippen molar-refractivity contribution in [2.24, 2.45) is 0 Å². The second kappa shape index (κ2) is 11.3. The molecule has 3 heterocycles. The Balaban J connectivity index is 1.47. The van der Waals surface area contributed by atoms with E-state index in [0.717, 1.165) is 28.3 Å². The van der Waals surface area contributed by atoms with E-state index in [0.29, 0.717) is 23.1 Å². The molecule has 0 bridgehead atoms. The number of thiocarbonyl (C=S) groups is 1. The number of aromatic nitrogens is 2. The summed E-state index contributed by atoms with van der Waals surface area (Å²) in [7, 11) is 1.59. The zero-order valence-corrected chi connectivity index (χ0v) is 23.5. The summed E-state index contributed by atoms with van der Waals surface area (Å²) in [6.07, 6.45) is 2.07. The molecule has 0 unspecified atom stereocenters. The van der Waals surface area contributed by atoms with Crippen LogP contribution in [0.4, 0.5) is 5.69 Å². The van der Waals surface area contributed by atoms with E-state index in [4.69, 9.17) is 17.0 Å². The Morgan fingerprint density at radius 2 is 1.85 bits per heavy atom. The molecule has 2 N–H and O–H groups in total. The van der Waals surface area contributed by atoms with E-state index < -0.39 is 0 Å². The summed E-state index contributed by atoms with van der Waals surface area (Å²) < 4.78 is 7.67. The van der Waals surface area contributed by atoms with Crippen molar-refractivity contribution >= 4 is 28.9 Å². The van der Waals surface area contributed by atoms with Crippen molar-refractivity contribution in [1.29, 1.82) is 0 Å². The quantitative estimate of drug-likeness (QED) is 0.276. The molecule has 2 atom stereocenters. The Hall–Kier alpha value is -4.17. The number of rotatable bonds is 8. The molecule has 39 heavy (non-hydrogen) atoms. The highest BCUT2D eigenvalue weighted by atomic mass is 32.1. The Kier molecular flexibility index (Phi) is 7.65. The maximum Gasteiger partial charge on any atom is 0.226 e. The van der Waals surface area contributed by atoms with E-state index >= 15 is 0 Å². The largest absolute Gasteiger partial charge is 0.495 e. The summed E-state index contributed by atoms with van der Waals surface area (Å²) in [5.41, 5.74) is 7.32. The summed E-state index contributed by atoms with van der Waals surface area (Å²) in [4.78, 5) is 19.8. The van der Waals surface area contributed by atoms with Gasteiger partial charge in [-0.15, -0.1) is 0 Å². The fourth-order valence-electron chi connectivity index (χ4n) is 5.42. The van der Waals surface area contributed by atoms with Crippen molar-refractivity contribution in [1.82, 2.24) is 19.8 Å². The van der Waals surface area contributed by atoms with E-state index in [1.54, 1.807) is 13.3 Å². The normalized spacial score (nSPS) is 16.7. The second-order valence-electron chi connectivity index (χ2n) is 9.82. The number of nitrogens with zero attached hydrogens (tertiary/aromatic N) is 3. The maximum absolute atomic E-state index is 13.0. The monoisotopic (exact) mass is 539 g/mol. The van der Waals surface area contributed by atoms with Crippen LogP contribution in [0.1, 0.15) is 46.7 Å². The van der Waals surface area contributed by atoms with Crippen LogP contribution in [0.25, 0.3) is 5.69 Å². The lowest BCUT2D eigenvalue weighted by atomic mass is 9.96. The summed E-state index contributed by atoms with van der Waals surface area (Å²) >= 11 is 5.84. The Morgan fingerprint density at radius 3 is 2.59 bits per heavy atom. The van der Waals surface area contributed by atoms with Crippen molar-refractivity contribution < 1.29 is 9.53 Å². The van der Waals surface area contributed by atoms with Gasteiger partial charge in [0.25, 0.3) is 0 Å². The summed E-state index contributed by atoms with van der Waals surface area (Å²) in [5, 5.41) is 7.09. The number of ether oxygens (including phenoxy) is 1. The predicted molar refractivity (Wildman–Crippen MR) is 158 cm³/mol. The molecule has 0 radical (unpaired) electrons. The van der Waals surface area contributed by atoms with Gasteiger partial charge in [0.15, 0.2) is 5.11 Å². The summed E-state index contributed by atoms with van der Waals surface area (Å²) in [6.45, 7) is 6.83. The average Bonchev–Trinajstić information content (AvgIpc) is 3.42. The van der Waals surface area contributed by atoms with E-state index in [1.807, 2.05) is 42.5 Å². The third-order valence-electron chi connectivity index (χ3n) is 7.21. The lowest BCUT2D eigenvalue weighted by Gasteiger charge is -2.28. The first-order valence-electron chi connectivity index (χ1n) is 13.0. The van der Waals surface area contributed by atoms with Crippen LogP contribution in [0, 0.1) is 20.8 Å². The minimum absolute atomic E-state index is 0.104. The number of carbonyl (C=O) groups is 1. The molecule has 1 fully saturated rings. The topological polar surface area (TPSA) is 71.4 Å². The first kappa shape index (κ1) is 26.4. The number of hydrogen-bond donors (Lipinski definition) is 2. The molecule has 0 saturated carbocycles. The molecular formula is C31H33N5O2S. The fourth-order valence-corrected chi connectivity index (χ4v) is 5.75. The van der Waals surface area contributed by atoms with Crippen LogP contribution in [0.3, 0.4) is 0 Å². The van der Waals surface area contributed by atoms with Gasteiger partial charge in [0.05, 0.1) is 30.6 Å². The number of aryl methyl sites for hydroxylation is 2. The van der Waals surface area contributed by atoms with E-state index in [-0.39, 0.29) is 24.4 Å². The number of carbonyl (C=O) groups excluding carboxylic acids is 1. The van der Waals surface area contributed by atoms with Crippen LogP contribution < -0.4 is 15.4 Å². The van der Waals surface area contributed by atoms with Crippen molar-refractivity contribution in [3.05, 3.63) is 107 Å². The number of hydrogen-bond acceptors (Lipinski definition) is 4. The predicted octanol–water partition coefficient (Wildman–Crippen LogP) is 5.81. The molecule has 2 aromatic heterocycles. The van der Waals surface area contributed by atoms with Crippen LogP contribution >= 0.6 is 12.2 Å². The zero-order chi connectivity index (χ0) is 27.5. The second-order valence-corrected chi connectivity index (χ2v) is 10.2. The van der Waals surface area contributed by atoms with Gasteiger partial charge in [0, 0.05) is 36.2 Å². The molecule has 0 spiro atoms. The average molecular weight is 540 g/mol. The minimum atomic E-state index is -0.151. The van der Waals surface area contributed by atoms with Crippen LogP contribution in [0.15, 0.2) is 79.0 Å². The first-order valence-corrected chi connectivity index (χ1v) is 13.4. The first-order chi connectivity index (χ1) is 18.9. The van der Waals surface area contributed by atoms with Crippen molar-refractivity contribution in [2.45, 2.75) is 39.3 Å². The van der Waals surface area contributed by atoms with Gasteiger partial charge in [-0.25, -0.2) is 0 Å². The molecule has 2 aromatic carbocycles. The maximum atomic E-state index is 13.0. The van der Waals surface area contributed by atoms with E-state index in [9.17, 15) is 4.79 Å². The summed E-state index contributed by atoms with van der Waals surface area (Å²) in [5.74, 6) is 0.522. The molecule has 1 aliphatic rings. The van der Waals surface area contributed by atoms with E-state index in [1.165, 1.54) is 5.56 Å². The number of methoxy groups -OCH3 is 1.